The van der Waals surface area contributed by atoms with Crippen LogP contribution in [0.1, 0.15) is 15.2 Å². The molecular weight excluding hydrogens is 316 g/mol. The molecule has 0 aliphatic rings. The van der Waals surface area contributed by atoms with Crippen molar-refractivity contribution in [1.82, 2.24) is 0 Å². The molecule has 0 bridgehead atoms. The SMILES string of the molecule is COc1ccc(OC)c(C(=O)COC(=O)/C=C/c2cccs2)c1. The highest BCUT2D eigenvalue weighted by atomic mass is 32.1. The average Bonchev–Trinajstić information content (AvgIpc) is 3.10. The molecule has 120 valence electrons. The lowest BCUT2D eigenvalue weighted by atomic mass is 10.1. The molecule has 2 rings (SSSR count). The zero-order valence-corrected chi connectivity index (χ0v) is 13.6. The molecule has 0 unspecified atom stereocenters. The molecule has 0 amide bonds. The fourth-order valence-corrected chi connectivity index (χ4v) is 2.45. The van der Waals surface area contributed by atoms with E-state index in [1.165, 1.54) is 31.6 Å². The molecule has 0 spiro atoms. The summed E-state index contributed by atoms with van der Waals surface area (Å²) in [7, 11) is 2.97. The first-order chi connectivity index (χ1) is 11.1. The van der Waals surface area contributed by atoms with E-state index < -0.39 is 5.97 Å². The molecule has 1 heterocycles. The summed E-state index contributed by atoms with van der Waals surface area (Å²) >= 11 is 1.50. The van der Waals surface area contributed by atoms with Crippen molar-refractivity contribution in [3.05, 3.63) is 52.2 Å². The van der Waals surface area contributed by atoms with Gasteiger partial charge in [0, 0.05) is 11.0 Å². The minimum atomic E-state index is -0.575. The highest BCUT2D eigenvalue weighted by Gasteiger charge is 2.15. The summed E-state index contributed by atoms with van der Waals surface area (Å²) in [6.07, 6.45) is 2.94. The first-order valence-corrected chi connectivity index (χ1v) is 7.65. The smallest absolute Gasteiger partial charge is 0.331 e. The van der Waals surface area contributed by atoms with Crippen LogP contribution in [0.5, 0.6) is 11.5 Å². The molecule has 1 aromatic carbocycles. The number of thiophene rings is 1. The zero-order chi connectivity index (χ0) is 16.7. The van der Waals surface area contributed by atoms with Gasteiger partial charge in [0.2, 0.25) is 5.78 Å². The lowest BCUT2D eigenvalue weighted by molar-refractivity contribution is -0.136. The van der Waals surface area contributed by atoms with Crippen molar-refractivity contribution in [1.29, 1.82) is 0 Å². The van der Waals surface area contributed by atoms with Crippen LogP contribution in [0.4, 0.5) is 0 Å². The Bertz CT molecular complexity index is 704. The van der Waals surface area contributed by atoms with E-state index in [0.717, 1.165) is 4.88 Å². The maximum absolute atomic E-state index is 12.2. The molecule has 0 fully saturated rings. The molecule has 1 aromatic heterocycles. The van der Waals surface area contributed by atoms with Crippen molar-refractivity contribution in [3.8, 4) is 11.5 Å². The van der Waals surface area contributed by atoms with Gasteiger partial charge < -0.3 is 14.2 Å². The van der Waals surface area contributed by atoms with Gasteiger partial charge in [-0.3, -0.25) is 4.79 Å². The number of hydrogen-bond acceptors (Lipinski definition) is 6. The van der Waals surface area contributed by atoms with Gasteiger partial charge in [-0.05, 0) is 35.7 Å². The normalized spacial score (nSPS) is 10.5. The van der Waals surface area contributed by atoms with Crippen LogP contribution in [0.15, 0.2) is 41.8 Å². The van der Waals surface area contributed by atoms with E-state index in [2.05, 4.69) is 0 Å². The average molecular weight is 332 g/mol. The maximum Gasteiger partial charge on any atom is 0.331 e. The lowest BCUT2D eigenvalue weighted by Crippen LogP contribution is -2.13. The second-order valence-electron chi connectivity index (χ2n) is 4.45. The number of hydrogen-bond donors (Lipinski definition) is 0. The molecule has 6 heteroatoms. The number of benzene rings is 1. The fourth-order valence-electron chi connectivity index (χ4n) is 1.83. The number of methoxy groups -OCH3 is 2. The molecule has 0 atom stereocenters. The highest BCUT2D eigenvalue weighted by Crippen LogP contribution is 2.24. The van der Waals surface area contributed by atoms with Crippen LogP contribution >= 0.6 is 11.3 Å². The first-order valence-electron chi connectivity index (χ1n) is 6.77. The maximum atomic E-state index is 12.2. The Hall–Kier alpha value is -2.60. The molecule has 0 aliphatic carbocycles. The van der Waals surface area contributed by atoms with E-state index in [-0.39, 0.29) is 12.4 Å². The van der Waals surface area contributed by atoms with Gasteiger partial charge >= 0.3 is 5.97 Å². The number of ether oxygens (including phenoxy) is 3. The summed E-state index contributed by atoms with van der Waals surface area (Å²) in [4.78, 5) is 24.8. The van der Waals surface area contributed by atoms with Crippen LogP contribution in [-0.4, -0.2) is 32.6 Å². The number of rotatable bonds is 7. The molecule has 5 nitrogen and oxygen atoms in total. The van der Waals surface area contributed by atoms with E-state index in [1.54, 1.807) is 24.3 Å². The van der Waals surface area contributed by atoms with Gasteiger partial charge in [0.25, 0.3) is 0 Å². The summed E-state index contributed by atoms with van der Waals surface area (Å²) in [5, 5.41) is 1.91. The van der Waals surface area contributed by atoms with Gasteiger partial charge in [0.05, 0.1) is 19.8 Å². The Morgan fingerprint density at radius 3 is 2.65 bits per heavy atom. The topological polar surface area (TPSA) is 61.8 Å². The third kappa shape index (κ3) is 4.69. The third-order valence-electron chi connectivity index (χ3n) is 2.98. The Morgan fingerprint density at radius 1 is 1.17 bits per heavy atom. The first kappa shape index (κ1) is 16.8. The van der Waals surface area contributed by atoms with E-state index in [4.69, 9.17) is 14.2 Å². The Kier molecular flexibility index (Phi) is 5.94. The van der Waals surface area contributed by atoms with E-state index in [0.29, 0.717) is 17.1 Å². The van der Waals surface area contributed by atoms with Crippen molar-refractivity contribution in [2.24, 2.45) is 0 Å². The van der Waals surface area contributed by atoms with Crippen molar-refractivity contribution < 1.29 is 23.8 Å². The number of carbonyl (C=O) groups excluding carboxylic acids is 2. The van der Waals surface area contributed by atoms with Gasteiger partial charge in [-0.1, -0.05) is 6.07 Å². The highest BCUT2D eigenvalue weighted by molar-refractivity contribution is 7.10. The number of ketones is 1. The molecule has 0 radical (unpaired) electrons. The number of esters is 1. The second kappa shape index (κ2) is 8.14. The third-order valence-corrected chi connectivity index (χ3v) is 3.82. The van der Waals surface area contributed by atoms with E-state index in [1.807, 2.05) is 17.5 Å². The monoisotopic (exact) mass is 332 g/mol. The van der Waals surface area contributed by atoms with Crippen LogP contribution in [-0.2, 0) is 9.53 Å². The second-order valence-corrected chi connectivity index (χ2v) is 5.43. The minimum Gasteiger partial charge on any atom is -0.497 e. The minimum absolute atomic E-state index is 0.307. The van der Waals surface area contributed by atoms with Gasteiger partial charge in [0.1, 0.15) is 11.5 Å². The van der Waals surface area contributed by atoms with Gasteiger partial charge in [-0.15, -0.1) is 11.3 Å². The van der Waals surface area contributed by atoms with Crippen molar-refractivity contribution in [2.45, 2.75) is 0 Å². The summed E-state index contributed by atoms with van der Waals surface area (Å²) in [5.41, 5.74) is 0.307. The zero-order valence-electron chi connectivity index (χ0n) is 12.8. The predicted octanol–water partition coefficient (Wildman–Crippen LogP) is 3.20. The van der Waals surface area contributed by atoms with Crippen LogP contribution in [0.25, 0.3) is 6.08 Å². The molecule has 0 N–H and O–H groups in total. The molecule has 2 aromatic rings. The lowest BCUT2D eigenvalue weighted by Gasteiger charge is -2.09. The van der Waals surface area contributed by atoms with Gasteiger partial charge in [0.15, 0.2) is 6.61 Å². The molecule has 23 heavy (non-hydrogen) atoms. The Labute approximate surface area is 138 Å². The quantitative estimate of drug-likeness (QED) is 0.443. The molecule has 0 aliphatic heterocycles. The standard InChI is InChI=1S/C17H16O5S/c1-20-12-5-7-16(21-2)14(10-12)15(18)11-22-17(19)8-6-13-4-3-9-23-13/h3-10H,11H2,1-2H3/b8-6+. The molecule has 0 saturated heterocycles. The van der Waals surface area contributed by atoms with Crippen molar-refractivity contribution >= 4 is 29.2 Å². The number of Topliss-reactive ketones (excluding diaryl/α,β-unsaturated/α-hetero) is 1. The van der Waals surface area contributed by atoms with E-state index >= 15 is 0 Å². The van der Waals surface area contributed by atoms with Crippen molar-refractivity contribution in [3.63, 3.8) is 0 Å². The molecule has 0 saturated carbocycles. The van der Waals surface area contributed by atoms with Crippen LogP contribution in [0.3, 0.4) is 0 Å². The van der Waals surface area contributed by atoms with Crippen LogP contribution in [0, 0.1) is 0 Å². The summed E-state index contributed by atoms with van der Waals surface area (Å²) in [6, 6.07) is 8.63. The van der Waals surface area contributed by atoms with Crippen LogP contribution in [0.2, 0.25) is 0 Å². The Morgan fingerprint density at radius 2 is 2.00 bits per heavy atom. The van der Waals surface area contributed by atoms with E-state index in [9.17, 15) is 9.59 Å². The largest absolute Gasteiger partial charge is 0.497 e. The number of carbonyl (C=O) groups is 2. The van der Waals surface area contributed by atoms with Gasteiger partial charge in [-0.25, -0.2) is 4.79 Å². The summed E-state index contributed by atoms with van der Waals surface area (Å²) < 4.78 is 15.2. The Balaban J connectivity index is 1.98. The molecular formula is C17H16O5S. The van der Waals surface area contributed by atoms with Crippen LogP contribution < -0.4 is 9.47 Å². The predicted molar refractivity (Wildman–Crippen MR) is 88.2 cm³/mol. The summed E-state index contributed by atoms with van der Waals surface area (Å²) in [5.74, 6) is -0.00807. The van der Waals surface area contributed by atoms with Gasteiger partial charge in [-0.2, -0.15) is 0 Å². The van der Waals surface area contributed by atoms with Crippen molar-refractivity contribution in [2.75, 3.05) is 20.8 Å². The fraction of sp³-hybridized carbons (Fsp3) is 0.176. The summed E-state index contributed by atoms with van der Waals surface area (Å²) in [6.45, 7) is -0.364.